The molecule has 36 heavy (non-hydrogen) atoms. The number of nitriles is 1. The number of hydrogen-bond acceptors (Lipinski definition) is 6. The van der Waals surface area contributed by atoms with Crippen molar-refractivity contribution in [2.75, 3.05) is 11.9 Å². The minimum atomic E-state index is -0.509. The van der Waals surface area contributed by atoms with E-state index in [1.165, 1.54) is 6.07 Å². The van der Waals surface area contributed by atoms with Gasteiger partial charge < -0.3 is 13.6 Å². The second kappa shape index (κ2) is 9.65. The van der Waals surface area contributed by atoms with E-state index in [4.69, 9.17) is 13.6 Å². The Labute approximate surface area is 206 Å². The van der Waals surface area contributed by atoms with Gasteiger partial charge in [0.05, 0.1) is 0 Å². The summed E-state index contributed by atoms with van der Waals surface area (Å²) in [4.78, 5) is 24.4. The molecule has 0 saturated heterocycles. The fraction of sp³-hybridized carbons (Fsp3) is 0.0690. The van der Waals surface area contributed by atoms with Crippen LogP contribution in [0.2, 0.25) is 0 Å². The summed E-state index contributed by atoms with van der Waals surface area (Å²) >= 11 is 0. The highest BCUT2D eigenvalue weighted by Crippen LogP contribution is 2.41. The molecular weight excluding hydrogens is 456 g/mol. The first kappa shape index (κ1) is 22.7. The van der Waals surface area contributed by atoms with E-state index < -0.39 is 11.5 Å². The van der Waals surface area contributed by atoms with Crippen LogP contribution in [0.1, 0.15) is 11.1 Å². The Kier molecular flexibility index (Phi) is 6.08. The monoisotopic (exact) mass is 476 g/mol. The quantitative estimate of drug-likeness (QED) is 0.305. The molecular formula is C29H20N2O5. The first-order valence-electron chi connectivity index (χ1n) is 11.2. The number of furan rings is 1. The number of aryl methyl sites for hydroxylation is 1. The normalized spacial score (nSPS) is 10.7. The Morgan fingerprint density at radius 1 is 0.944 bits per heavy atom. The standard InChI is InChI=1S/C29H20N2O5/c1-18-14-26(33)35-24-15-21(12-13-22(18)24)34-17-25(32)31-29-23(16-30)27(19-8-4-2-5-9-19)28(36-29)20-10-6-3-7-11-20/h2-15H,17H2,1H3,(H,31,32). The van der Waals surface area contributed by atoms with Crippen molar-refractivity contribution in [3.8, 4) is 34.3 Å². The van der Waals surface area contributed by atoms with Gasteiger partial charge in [-0.2, -0.15) is 5.26 Å². The van der Waals surface area contributed by atoms with E-state index in [1.54, 1.807) is 18.2 Å². The Balaban J connectivity index is 1.42. The zero-order valence-electron chi connectivity index (χ0n) is 19.3. The molecule has 176 valence electrons. The highest BCUT2D eigenvalue weighted by molar-refractivity contribution is 5.96. The van der Waals surface area contributed by atoms with Gasteiger partial charge >= 0.3 is 5.63 Å². The van der Waals surface area contributed by atoms with Gasteiger partial charge in [0.1, 0.15) is 28.7 Å². The number of hydrogen-bond donors (Lipinski definition) is 1. The summed E-state index contributed by atoms with van der Waals surface area (Å²) in [6, 6.07) is 27.4. The lowest BCUT2D eigenvalue weighted by molar-refractivity contribution is -0.118. The molecule has 0 radical (unpaired) electrons. The molecule has 0 bridgehead atoms. The zero-order valence-corrected chi connectivity index (χ0v) is 19.3. The molecule has 0 spiro atoms. The molecule has 1 amide bonds. The molecule has 0 aliphatic carbocycles. The van der Waals surface area contributed by atoms with Crippen LogP contribution < -0.4 is 15.7 Å². The van der Waals surface area contributed by atoms with Crippen LogP contribution >= 0.6 is 0 Å². The molecule has 3 aromatic carbocycles. The van der Waals surface area contributed by atoms with Gasteiger partial charge in [-0.05, 0) is 30.2 Å². The molecule has 5 rings (SSSR count). The molecule has 0 unspecified atom stereocenters. The lowest BCUT2D eigenvalue weighted by Crippen LogP contribution is -2.20. The van der Waals surface area contributed by atoms with E-state index in [9.17, 15) is 14.9 Å². The molecule has 0 aliphatic heterocycles. The van der Waals surface area contributed by atoms with Crippen LogP contribution in [0.25, 0.3) is 33.4 Å². The van der Waals surface area contributed by atoms with Crippen molar-refractivity contribution < 1.29 is 18.4 Å². The van der Waals surface area contributed by atoms with Crippen LogP contribution in [0, 0.1) is 18.3 Å². The Morgan fingerprint density at radius 3 is 2.33 bits per heavy atom. The third-order valence-electron chi connectivity index (χ3n) is 5.66. The number of carbonyl (C=O) groups is 1. The highest BCUT2D eigenvalue weighted by atomic mass is 16.5. The fourth-order valence-electron chi connectivity index (χ4n) is 4.01. The highest BCUT2D eigenvalue weighted by Gasteiger charge is 2.24. The van der Waals surface area contributed by atoms with E-state index in [-0.39, 0.29) is 18.1 Å². The van der Waals surface area contributed by atoms with E-state index in [0.717, 1.165) is 22.1 Å². The van der Waals surface area contributed by atoms with E-state index in [1.807, 2.05) is 67.6 Å². The van der Waals surface area contributed by atoms with Crippen molar-refractivity contribution in [2.24, 2.45) is 0 Å². The maximum Gasteiger partial charge on any atom is 0.336 e. The maximum absolute atomic E-state index is 12.7. The van der Waals surface area contributed by atoms with Gasteiger partial charge in [0, 0.05) is 28.6 Å². The summed E-state index contributed by atoms with van der Waals surface area (Å²) in [5.74, 6) is 0.380. The zero-order chi connectivity index (χ0) is 25.1. The van der Waals surface area contributed by atoms with Crippen molar-refractivity contribution in [3.63, 3.8) is 0 Å². The number of carbonyl (C=O) groups excluding carboxylic acids is 1. The van der Waals surface area contributed by atoms with Crippen LogP contribution in [0.15, 0.2) is 98.6 Å². The van der Waals surface area contributed by atoms with Gasteiger partial charge in [-0.3, -0.25) is 10.1 Å². The summed E-state index contributed by atoms with van der Waals surface area (Å²) in [5, 5.41) is 13.4. The number of nitrogens with zero attached hydrogens (tertiary/aromatic N) is 1. The first-order chi connectivity index (χ1) is 17.5. The Hall–Kier alpha value is -5.09. The van der Waals surface area contributed by atoms with Gasteiger partial charge in [0.15, 0.2) is 6.61 Å². The average Bonchev–Trinajstić information content (AvgIpc) is 3.26. The van der Waals surface area contributed by atoms with Crippen LogP contribution in [0.5, 0.6) is 5.75 Å². The third kappa shape index (κ3) is 4.48. The van der Waals surface area contributed by atoms with E-state index in [0.29, 0.717) is 22.7 Å². The maximum atomic E-state index is 12.7. The first-order valence-corrected chi connectivity index (χ1v) is 11.2. The Bertz CT molecular complexity index is 1660. The van der Waals surface area contributed by atoms with Gasteiger partial charge in [-0.25, -0.2) is 4.79 Å². The van der Waals surface area contributed by atoms with Crippen LogP contribution in [-0.2, 0) is 4.79 Å². The number of amides is 1. The van der Waals surface area contributed by atoms with Crippen LogP contribution in [0.3, 0.4) is 0 Å². The van der Waals surface area contributed by atoms with Gasteiger partial charge in [-0.15, -0.1) is 0 Å². The summed E-state index contributed by atoms with van der Waals surface area (Å²) < 4.78 is 16.9. The summed E-state index contributed by atoms with van der Waals surface area (Å²) in [5.41, 5.74) is 3.09. The largest absolute Gasteiger partial charge is 0.484 e. The van der Waals surface area contributed by atoms with Crippen LogP contribution in [0.4, 0.5) is 5.88 Å². The lowest BCUT2D eigenvalue weighted by atomic mass is 9.98. The van der Waals surface area contributed by atoms with Crippen molar-refractivity contribution in [3.05, 3.63) is 106 Å². The molecule has 2 aromatic heterocycles. The van der Waals surface area contributed by atoms with Crippen molar-refractivity contribution in [1.29, 1.82) is 5.26 Å². The second-order valence-corrected chi connectivity index (χ2v) is 8.10. The van der Waals surface area contributed by atoms with Crippen molar-refractivity contribution in [2.45, 2.75) is 6.92 Å². The van der Waals surface area contributed by atoms with Gasteiger partial charge in [0.2, 0.25) is 5.88 Å². The minimum absolute atomic E-state index is 0.0453. The van der Waals surface area contributed by atoms with Gasteiger partial charge in [0.25, 0.3) is 5.91 Å². The fourth-order valence-corrected chi connectivity index (χ4v) is 4.01. The summed E-state index contributed by atoms with van der Waals surface area (Å²) in [6.07, 6.45) is 0. The molecule has 7 heteroatoms. The molecule has 2 heterocycles. The second-order valence-electron chi connectivity index (χ2n) is 8.10. The number of ether oxygens (including phenoxy) is 1. The number of rotatable bonds is 6. The van der Waals surface area contributed by atoms with Crippen molar-refractivity contribution in [1.82, 2.24) is 0 Å². The number of nitrogens with one attached hydrogen (secondary N) is 1. The molecule has 5 aromatic rings. The topological polar surface area (TPSA) is 105 Å². The molecule has 1 N–H and O–H groups in total. The molecule has 7 nitrogen and oxygen atoms in total. The number of fused-ring (bicyclic) bond motifs is 1. The van der Waals surface area contributed by atoms with Crippen LogP contribution in [-0.4, -0.2) is 12.5 Å². The van der Waals surface area contributed by atoms with E-state index >= 15 is 0 Å². The van der Waals surface area contributed by atoms with Gasteiger partial charge in [-0.1, -0.05) is 60.7 Å². The number of benzene rings is 3. The Morgan fingerprint density at radius 2 is 1.64 bits per heavy atom. The average molecular weight is 476 g/mol. The molecule has 0 atom stereocenters. The smallest absolute Gasteiger partial charge is 0.336 e. The summed E-state index contributed by atoms with van der Waals surface area (Å²) in [6.45, 7) is 1.48. The molecule has 0 fully saturated rings. The molecule has 0 aliphatic rings. The minimum Gasteiger partial charge on any atom is -0.484 e. The van der Waals surface area contributed by atoms with Crippen molar-refractivity contribution >= 4 is 22.8 Å². The third-order valence-corrected chi connectivity index (χ3v) is 5.66. The molecule has 0 saturated carbocycles. The lowest BCUT2D eigenvalue weighted by Gasteiger charge is -2.07. The predicted octanol–water partition coefficient (Wildman–Crippen LogP) is 5.92. The number of anilines is 1. The van der Waals surface area contributed by atoms with E-state index in [2.05, 4.69) is 11.4 Å². The SMILES string of the molecule is Cc1cc(=O)oc2cc(OCC(=O)Nc3oc(-c4ccccc4)c(-c4ccccc4)c3C#N)ccc12. The summed E-state index contributed by atoms with van der Waals surface area (Å²) in [7, 11) is 0. The predicted molar refractivity (Wildman–Crippen MR) is 136 cm³/mol.